The van der Waals surface area contributed by atoms with E-state index in [-0.39, 0.29) is 5.76 Å². The van der Waals surface area contributed by atoms with Crippen molar-refractivity contribution in [3.8, 4) is 0 Å². The Balaban J connectivity index is 1.75. The lowest BCUT2D eigenvalue weighted by Crippen LogP contribution is -2.36. The summed E-state index contributed by atoms with van der Waals surface area (Å²) in [6, 6.07) is 1.62. The summed E-state index contributed by atoms with van der Waals surface area (Å²) >= 11 is 0. The first-order chi connectivity index (χ1) is 9.60. The van der Waals surface area contributed by atoms with Gasteiger partial charge < -0.3 is 19.7 Å². The maximum atomic E-state index is 10.8. The SMILES string of the molecule is CCN1CCC(CNCc2cc(C(=O)O)oc2C)CC1. The molecule has 1 aliphatic rings. The lowest BCUT2D eigenvalue weighted by atomic mass is 9.97. The van der Waals surface area contributed by atoms with Crippen molar-refractivity contribution in [1.29, 1.82) is 0 Å². The zero-order valence-electron chi connectivity index (χ0n) is 12.3. The van der Waals surface area contributed by atoms with Crippen molar-refractivity contribution in [2.75, 3.05) is 26.2 Å². The fourth-order valence-electron chi connectivity index (χ4n) is 2.72. The molecule has 0 aromatic carbocycles. The van der Waals surface area contributed by atoms with Crippen LogP contribution in [0.25, 0.3) is 0 Å². The van der Waals surface area contributed by atoms with Crippen LogP contribution < -0.4 is 5.32 Å². The third-order valence-corrected chi connectivity index (χ3v) is 4.13. The number of carbonyl (C=O) groups is 1. The molecule has 1 aromatic heterocycles. The minimum absolute atomic E-state index is 0.0237. The molecule has 0 aliphatic carbocycles. The highest BCUT2D eigenvalue weighted by Gasteiger charge is 2.18. The Morgan fingerprint density at radius 3 is 2.75 bits per heavy atom. The van der Waals surface area contributed by atoms with Crippen LogP contribution in [-0.2, 0) is 6.54 Å². The number of nitrogens with zero attached hydrogens (tertiary/aromatic N) is 1. The predicted octanol–water partition coefficient (Wildman–Crippen LogP) is 2.11. The quantitative estimate of drug-likeness (QED) is 0.835. The van der Waals surface area contributed by atoms with Crippen LogP contribution >= 0.6 is 0 Å². The standard InChI is InChI=1S/C15H24N2O3/c1-3-17-6-4-12(5-7-17)9-16-10-13-8-14(15(18)19)20-11(13)2/h8,12,16H,3-7,9-10H2,1-2H3,(H,18,19). The van der Waals surface area contributed by atoms with Gasteiger partial charge in [-0.25, -0.2) is 4.79 Å². The van der Waals surface area contributed by atoms with E-state index in [0.29, 0.717) is 12.3 Å². The van der Waals surface area contributed by atoms with E-state index in [4.69, 9.17) is 9.52 Å². The average Bonchev–Trinajstić information content (AvgIpc) is 2.81. The molecule has 0 amide bonds. The first-order valence-electron chi connectivity index (χ1n) is 7.35. The number of hydrogen-bond acceptors (Lipinski definition) is 4. The van der Waals surface area contributed by atoms with Crippen molar-refractivity contribution in [3.63, 3.8) is 0 Å². The summed E-state index contributed by atoms with van der Waals surface area (Å²) in [6.07, 6.45) is 2.48. The Kier molecular flexibility index (Phi) is 5.20. The molecule has 2 N–H and O–H groups in total. The molecule has 0 radical (unpaired) electrons. The number of piperidine rings is 1. The summed E-state index contributed by atoms with van der Waals surface area (Å²) in [5, 5.41) is 12.3. The molecular weight excluding hydrogens is 256 g/mol. The van der Waals surface area contributed by atoms with Gasteiger partial charge in [-0.1, -0.05) is 6.92 Å². The van der Waals surface area contributed by atoms with Crippen LogP contribution in [0.3, 0.4) is 0 Å². The van der Waals surface area contributed by atoms with Crippen molar-refractivity contribution < 1.29 is 14.3 Å². The first-order valence-corrected chi connectivity index (χ1v) is 7.35. The van der Waals surface area contributed by atoms with Crippen molar-refractivity contribution >= 4 is 5.97 Å². The lowest BCUT2D eigenvalue weighted by molar-refractivity contribution is 0.0661. The molecule has 2 heterocycles. The van der Waals surface area contributed by atoms with E-state index < -0.39 is 5.97 Å². The van der Waals surface area contributed by atoms with Crippen molar-refractivity contribution in [2.45, 2.75) is 33.2 Å². The highest BCUT2D eigenvalue weighted by molar-refractivity contribution is 5.84. The topological polar surface area (TPSA) is 65.7 Å². The van der Waals surface area contributed by atoms with Gasteiger partial charge in [0.1, 0.15) is 5.76 Å². The van der Waals surface area contributed by atoms with Gasteiger partial charge in [-0.15, -0.1) is 0 Å². The van der Waals surface area contributed by atoms with E-state index in [1.807, 2.05) is 6.92 Å². The largest absolute Gasteiger partial charge is 0.475 e. The minimum Gasteiger partial charge on any atom is -0.475 e. The van der Waals surface area contributed by atoms with Crippen molar-refractivity contribution in [1.82, 2.24) is 10.2 Å². The number of carboxylic acids is 1. The molecular formula is C15H24N2O3. The Labute approximate surface area is 119 Å². The molecule has 0 bridgehead atoms. The van der Waals surface area contributed by atoms with Crippen LogP contribution in [0.15, 0.2) is 10.5 Å². The normalized spacial score (nSPS) is 17.5. The number of rotatable bonds is 6. The van der Waals surface area contributed by atoms with Crippen LogP contribution in [0, 0.1) is 12.8 Å². The molecule has 1 aliphatic heterocycles. The molecule has 2 rings (SSSR count). The molecule has 0 saturated carbocycles. The lowest BCUT2D eigenvalue weighted by Gasteiger charge is -2.31. The molecule has 0 unspecified atom stereocenters. The highest BCUT2D eigenvalue weighted by atomic mass is 16.4. The van der Waals surface area contributed by atoms with E-state index in [2.05, 4.69) is 17.1 Å². The summed E-state index contributed by atoms with van der Waals surface area (Å²) in [7, 11) is 0. The fourth-order valence-corrected chi connectivity index (χ4v) is 2.72. The van der Waals surface area contributed by atoms with Gasteiger partial charge in [0.2, 0.25) is 5.76 Å². The number of aromatic carboxylic acids is 1. The molecule has 5 nitrogen and oxygen atoms in total. The summed E-state index contributed by atoms with van der Waals surface area (Å²) in [5.41, 5.74) is 0.938. The third kappa shape index (κ3) is 3.84. The van der Waals surface area contributed by atoms with Gasteiger partial charge in [0.25, 0.3) is 0 Å². The van der Waals surface area contributed by atoms with Crippen molar-refractivity contribution in [2.24, 2.45) is 5.92 Å². The maximum absolute atomic E-state index is 10.8. The molecule has 112 valence electrons. The smallest absolute Gasteiger partial charge is 0.371 e. The zero-order chi connectivity index (χ0) is 14.5. The molecule has 1 fully saturated rings. The van der Waals surface area contributed by atoms with E-state index in [0.717, 1.165) is 24.6 Å². The van der Waals surface area contributed by atoms with Crippen LogP contribution in [0.5, 0.6) is 0 Å². The van der Waals surface area contributed by atoms with Gasteiger partial charge in [-0.2, -0.15) is 0 Å². The van der Waals surface area contributed by atoms with Crippen molar-refractivity contribution in [3.05, 3.63) is 23.2 Å². The van der Waals surface area contributed by atoms with Gasteiger partial charge in [0.05, 0.1) is 0 Å². The monoisotopic (exact) mass is 280 g/mol. The van der Waals surface area contributed by atoms with E-state index in [9.17, 15) is 4.79 Å². The molecule has 0 spiro atoms. The Hall–Kier alpha value is -1.33. The number of hydrogen-bond donors (Lipinski definition) is 2. The maximum Gasteiger partial charge on any atom is 0.371 e. The number of furan rings is 1. The second-order valence-corrected chi connectivity index (χ2v) is 5.51. The number of aryl methyl sites for hydroxylation is 1. The third-order valence-electron chi connectivity index (χ3n) is 4.13. The average molecular weight is 280 g/mol. The van der Waals surface area contributed by atoms with Gasteiger partial charge >= 0.3 is 5.97 Å². The highest BCUT2D eigenvalue weighted by Crippen LogP contribution is 2.17. The molecule has 1 aromatic rings. The van der Waals surface area contributed by atoms with Crippen LogP contribution in [0.4, 0.5) is 0 Å². The number of likely N-dealkylation sites (tertiary alicyclic amines) is 1. The summed E-state index contributed by atoms with van der Waals surface area (Å²) < 4.78 is 5.20. The van der Waals surface area contributed by atoms with Crippen LogP contribution in [0.1, 0.15) is 41.6 Å². The second kappa shape index (κ2) is 6.90. The van der Waals surface area contributed by atoms with Gasteiger partial charge in [0.15, 0.2) is 0 Å². The molecule has 1 saturated heterocycles. The van der Waals surface area contributed by atoms with E-state index >= 15 is 0 Å². The van der Waals surface area contributed by atoms with Gasteiger partial charge in [-0.05, 0) is 57.9 Å². The summed E-state index contributed by atoms with van der Waals surface area (Å²) in [6.45, 7) is 9.21. The van der Waals surface area contributed by atoms with Gasteiger partial charge in [-0.3, -0.25) is 0 Å². The van der Waals surface area contributed by atoms with Crippen LogP contribution in [-0.4, -0.2) is 42.2 Å². The summed E-state index contributed by atoms with van der Waals surface area (Å²) in [4.78, 5) is 13.3. The minimum atomic E-state index is -1.01. The van der Waals surface area contributed by atoms with Gasteiger partial charge in [0, 0.05) is 12.1 Å². The molecule has 5 heteroatoms. The molecule has 0 atom stereocenters. The number of carboxylic acid groups (broad SMARTS) is 1. The van der Waals surface area contributed by atoms with Crippen LogP contribution in [0.2, 0.25) is 0 Å². The summed E-state index contributed by atoms with van der Waals surface area (Å²) in [5.74, 6) is 0.432. The van der Waals surface area contributed by atoms with E-state index in [1.165, 1.54) is 25.9 Å². The zero-order valence-corrected chi connectivity index (χ0v) is 12.3. The Morgan fingerprint density at radius 1 is 1.50 bits per heavy atom. The Morgan fingerprint density at radius 2 is 2.20 bits per heavy atom. The Bertz CT molecular complexity index is 448. The first kappa shape index (κ1) is 15.1. The fraction of sp³-hybridized carbons (Fsp3) is 0.667. The number of nitrogens with one attached hydrogen (secondary N) is 1. The van der Waals surface area contributed by atoms with E-state index in [1.54, 1.807) is 6.07 Å². The second-order valence-electron chi connectivity index (χ2n) is 5.51. The predicted molar refractivity (Wildman–Crippen MR) is 76.9 cm³/mol. The molecule has 20 heavy (non-hydrogen) atoms.